The maximum atomic E-state index is 12.6. The first-order valence-electron chi connectivity index (χ1n) is 8.63. The molecule has 3 rings (SSSR count). The first-order valence-corrected chi connectivity index (χ1v) is 10.3. The highest BCUT2D eigenvalue weighted by molar-refractivity contribution is 7.99. The molecule has 0 radical (unpaired) electrons. The second kappa shape index (κ2) is 9.76. The summed E-state index contributed by atoms with van der Waals surface area (Å²) in [6.45, 7) is 2.08. The fourth-order valence-electron chi connectivity index (χ4n) is 2.42. The van der Waals surface area contributed by atoms with Crippen molar-refractivity contribution in [3.63, 3.8) is 0 Å². The number of rotatable bonds is 7. The van der Waals surface area contributed by atoms with Crippen LogP contribution >= 0.6 is 35.0 Å². The van der Waals surface area contributed by atoms with E-state index in [1.807, 2.05) is 19.1 Å². The highest BCUT2D eigenvalue weighted by Gasteiger charge is 2.30. The van der Waals surface area contributed by atoms with Crippen molar-refractivity contribution in [3.05, 3.63) is 70.6 Å². The Hall–Kier alpha value is -2.16. The van der Waals surface area contributed by atoms with Crippen LogP contribution in [0, 0.1) is 0 Å². The molecule has 1 unspecified atom stereocenters. The summed E-state index contributed by atoms with van der Waals surface area (Å²) >= 11 is 12.4. The normalized spacial score (nSPS) is 12.5. The van der Waals surface area contributed by atoms with Crippen molar-refractivity contribution in [1.82, 2.24) is 10.1 Å². The van der Waals surface area contributed by atoms with Gasteiger partial charge in [0.1, 0.15) is 28.3 Å². The van der Waals surface area contributed by atoms with E-state index in [4.69, 9.17) is 32.5 Å². The third kappa shape index (κ3) is 6.17. The van der Waals surface area contributed by atoms with Gasteiger partial charge in [-0.25, -0.2) is 4.98 Å². The number of alkyl halides is 3. The summed E-state index contributed by atoms with van der Waals surface area (Å²) in [4.78, 5) is 3.87. The molecule has 3 aromatic rings. The number of thioether (sulfide) groups is 1. The van der Waals surface area contributed by atoms with Crippen LogP contribution in [0.2, 0.25) is 0 Å². The van der Waals surface area contributed by atoms with Crippen molar-refractivity contribution in [1.29, 1.82) is 0 Å². The molecule has 0 saturated carbocycles. The zero-order chi connectivity index (χ0) is 21.7. The van der Waals surface area contributed by atoms with Gasteiger partial charge >= 0.3 is 6.18 Å². The highest BCUT2D eigenvalue weighted by atomic mass is 35.5. The SMILES string of the molecule is CC(Sc1ccc(C(F)(F)F)cn1)c1cc(-c2cccc(OCC=C(Cl)Cl)c2)no1. The summed E-state index contributed by atoms with van der Waals surface area (Å²) in [6.07, 6.45) is -2.07. The van der Waals surface area contributed by atoms with Crippen LogP contribution in [0.15, 0.2) is 68.8 Å². The fourth-order valence-corrected chi connectivity index (χ4v) is 3.40. The predicted molar refractivity (Wildman–Crippen MR) is 111 cm³/mol. The van der Waals surface area contributed by atoms with E-state index < -0.39 is 11.7 Å². The number of halogens is 5. The Balaban J connectivity index is 1.67. The van der Waals surface area contributed by atoms with E-state index in [1.54, 1.807) is 18.2 Å². The fraction of sp³-hybridized carbons (Fsp3) is 0.200. The van der Waals surface area contributed by atoms with Gasteiger partial charge < -0.3 is 9.26 Å². The van der Waals surface area contributed by atoms with E-state index in [1.165, 1.54) is 23.9 Å². The van der Waals surface area contributed by atoms with Gasteiger partial charge in [-0.3, -0.25) is 0 Å². The van der Waals surface area contributed by atoms with Crippen molar-refractivity contribution < 1.29 is 22.4 Å². The summed E-state index contributed by atoms with van der Waals surface area (Å²) in [5.74, 6) is 1.18. The van der Waals surface area contributed by atoms with E-state index in [2.05, 4.69) is 10.1 Å². The molecule has 158 valence electrons. The molecule has 0 aliphatic heterocycles. The molecule has 1 atom stereocenters. The average molecular weight is 475 g/mol. The van der Waals surface area contributed by atoms with Crippen LogP contribution in [0.4, 0.5) is 13.2 Å². The molecule has 0 N–H and O–H groups in total. The molecule has 0 saturated heterocycles. The third-order valence-electron chi connectivity index (χ3n) is 3.91. The first kappa shape index (κ1) is 22.5. The number of pyridine rings is 1. The Morgan fingerprint density at radius 3 is 2.70 bits per heavy atom. The van der Waals surface area contributed by atoms with Gasteiger partial charge in [0.2, 0.25) is 0 Å². The van der Waals surface area contributed by atoms with Crippen LogP contribution < -0.4 is 4.74 Å². The Bertz CT molecular complexity index is 1020. The lowest BCUT2D eigenvalue weighted by molar-refractivity contribution is -0.137. The molecule has 0 aliphatic carbocycles. The van der Waals surface area contributed by atoms with Crippen molar-refractivity contribution >= 4 is 35.0 Å². The number of nitrogens with zero attached hydrogens (tertiary/aromatic N) is 2. The summed E-state index contributed by atoms with van der Waals surface area (Å²) in [5, 5.41) is 4.33. The Kier molecular flexibility index (Phi) is 7.33. The molecule has 0 aliphatic rings. The minimum Gasteiger partial charge on any atom is -0.489 e. The van der Waals surface area contributed by atoms with Crippen LogP contribution in [0.5, 0.6) is 5.75 Å². The smallest absolute Gasteiger partial charge is 0.417 e. The van der Waals surface area contributed by atoms with Crippen molar-refractivity contribution in [2.45, 2.75) is 23.4 Å². The molecule has 0 spiro atoms. The number of aromatic nitrogens is 2. The molecule has 10 heteroatoms. The Morgan fingerprint density at radius 2 is 2.03 bits per heavy atom. The van der Waals surface area contributed by atoms with Crippen LogP contribution in [0.3, 0.4) is 0 Å². The van der Waals surface area contributed by atoms with Gasteiger partial charge in [0.05, 0.1) is 15.8 Å². The largest absolute Gasteiger partial charge is 0.489 e. The number of hydrogen-bond acceptors (Lipinski definition) is 5. The van der Waals surface area contributed by atoms with E-state index in [0.717, 1.165) is 17.8 Å². The molecule has 2 aromatic heterocycles. The van der Waals surface area contributed by atoms with E-state index in [-0.39, 0.29) is 16.3 Å². The van der Waals surface area contributed by atoms with E-state index in [9.17, 15) is 13.2 Å². The third-order valence-corrected chi connectivity index (χ3v) is 5.29. The van der Waals surface area contributed by atoms with Crippen LogP contribution in [-0.2, 0) is 6.18 Å². The van der Waals surface area contributed by atoms with Gasteiger partial charge in [0, 0.05) is 17.8 Å². The van der Waals surface area contributed by atoms with E-state index in [0.29, 0.717) is 22.2 Å². The Morgan fingerprint density at radius 1 is 1.23 bits per heavy atom. The minimum absolute atomic E-state index is 0.126. The topological polar surface area (TPSA) is 48.2 Å². The van der Waals surface area contributed by atoms with Gasteiger partial charge in [-0.15, -0.1) is 0 Å². The van der Waals surface area contributed by atoms with Crippen LogP contribution in [-0.4, -0.2) is 16.7 Å². The molecular formula is C20H15Cl2F3N2O2S. The summed E-state index contributed by atoms with van der Waals surface area (Å²) in [7, 11) is 0. The number of hydrogen-bond donors (Lipinski definition) is 0. The quantitative estimate of drug-likeness (QED) is 0.336. The molecule has 30 heavy (non-hydrogen) atoms. The number of ether oxygens (including phenoxy) is 1. The first-order chi connectivity index (χ1) is 14.2. The Labute approximate surface area is 185 Å². The van der Waals surface area contributed by atoms with Gasteiger partial charge in [0.15, 0.2) is 0 Å². The second-order valence-electron chi connectivity index (χ2n) is 6.09. The molecule has 0 fully saturated rings. The lowest BCUT2D eigenvalue weighted by Gasteiger charge is -2.09. The standard InChI is InChI=1S/C20H15Cl2F3N2O2S/c1-12(30-19-6-5-14(11-26-19)20(23,24)25)17-10-16(27-29-17)13-3-2-4-15(9-13)28-8-7-18(21)22/h2-7,9-12H,8H2,1H3. The minimum atomic E-state index is -4.41. The van der Waals surface area contributed by atoms with Gasteiger partial charge in [-0.05, 0) is 37.3 Å². The van der Waals surface area contributed by atoms with Crippen molar-refractivity contribution in [3.8, 4) is 17.0 Å². The summed E-state index contributed by atoms with van der Waals surface area (Å²) in [6, 6.07) is 11.4. The van der Waals surface area contributed by atoms with Crippen LogP contribution in [0.1, 0.15) is 23.5 Å². The van der Waals surface area contributed by atoms with Gasteiger partial charge in [0.25, 0.3) is 0 Å². The molecular weight excluding hydrogens is 460 g/mol. The van der Waals surface area contributed by atoms with Gasteiger partial charge in [-0.2, -0.15) is 13.2 Å². The second-order valence-corrected chi connectivity index (χ2v) is 8.46. The number of benzene rings is 1. The average Bonchev–Trinajstić information content (AvgIpc) is 3.18. The maximum Gasteiger partial charge on any atom is 0.417 e. The molecule has 2 heterocycles. The monoisotopic (exact) mass is 474 g/mol. The predicted octanol–water partition coefficient (Wildman–Crippen LogP) is 7.31. The maximum absolute atomic E-state index is 12.6. The van der Waals surface area contributed by atoms with E-state index >= 15 is 0 Å². The van der Waals surface area contributed by atoms with Gasteiger partial charge in [-0.1, -0.05) is 52.3 Å². The summed E-state index contributed by atoms with van der Waals surface area (Å²) < 4.78 is 49.0. The molecule has 0 bridgehead atoms. The van der Waals surface area contributed by atoms with Crippen molar-refractivity contribution in [2.75, 3.05) is 6.61 Å². The highest BCUT2D eigenvalue weighted by Crippen LogP contribution is 2.37. The van der Waals surface area contributed by atoms with Crippen molar-refractivity contribution in [2.24, 2.45) is 0 Å². The molecule has 0 amide bonds. The lowest BCUT2D eigenvalue weighted by Crippen LogP contribution is -2.05. The van der Waals surface area contributed by atoms with Crippen LogP contribution in [0.25, 0.3) is 11.3 Å². The zero-order valence-corrected chi connectivity index (χ0v) is 17.8. The summed E-state index contributed by atoms with van der Waals surface area (Å²) in [5.41, 5.74) is 0.606. The zero-order valence-electron chi connectivity index (χ0n) is 15.5. The molecule has 4 nitrogen and oxygen atoms in total. The molecule has 1 aromatic carbocycles. The lowest BCUT2D eigenvalue weighted by atomic mass is 10.1.